The van der Waals surface area contributed by atoms with Crippen LogP contribution in [-0.2, 0) is 0 Å². The van der Waals surface area contributed by atoms with E-state index in [0.717, 1.165) is 0 Å². The lowest BCUT2D eigenvalue weighted by atomic mass is 10.0. The highest BCUT2D eigenvalue weighted by Gasteiger charge is 2.13. The monoisotopic (exact) mass is 325 g/mol. The number of aromatic amines is 1. The number of hydrogen-bond acceptors (Lipinski definition) is 2. The number of aliphatic imine (C=N–C) groups is 1. The van der Waals surface area contributed by atoms with Gasteiger partial charge in [-0.1, -0.05) is 17.7 Å². The highest BCUT2D eigenvalue weighted by atomic mass is 35.5. The van der Waals surface area contributed by atoms with Crippen LogP contribution in [0.3, 0.4) is 0 Å². The van der Waals surface area contributed by atoms with E-state index in [-0.39, 0.29) is 11.0 Å². The summed E-state index contributed by atoms with van der Waals surface area (Å²) in [4.78, 5) is 6.96. The highest BCUT2D eigenvalue weighted by molar-refractivity contribution is 6.69. The molecule has 0 saturated carbocycles. The van der Waals surface area contributed by atoms with Gasteiger partial charge in [0.15, 0.2) is 0 Å². The van der Waals surface area contributed by atoms with Crippen molar-refractivity contribution in [2.45, 2.75) is 6.42 Å². The minimum atomic E-state index is -0.312. The Morgan fingerprint density at radius 1 is 1.48 bits per heavy atom. The summed E-state index contributed by atoms with van der Waals surface area (Å²) in [6.07, 6.45) is 1.97. The van der Waals surface area contributed by atoms with Gasteiger partial charge < -0.3 is 10.4 Å². The largest absolute Gasteiger partial charge is 0.354 e. The highest BCUT2D eigenvalue weighted by Crippen LogP contribution is 2.25. The summed E-state index contributed by atoms with van der Waals surface area (Å²) in [6, 6.07) is 6.47. The van der Waals surface area contributed by atoms with Gasteiger partial charge in [0.2, 0.25) is 0 Å². The van der Waals surface area contributed by atoms with Gasteiger partial charge in [-0.15, -0.1) is 11.6 Å². The average molecular weight is 326 g/mol. The molecule has 0 aliphatic rings. The molecule has 21 heavy (non-hydrogen) atoms. The number of fused-ring (bicyclic) bond motifs is 1. The van der Waals surface area contributed by atoms with Crippen molar-refractivity contribution < 1.29 is 4.39 Å². The van der Waals surface area contributed by atoms with Gasteiger partial charge in [0.05, 0.1) is 0 Å². The van der Waals surface area contributed by atoms with Crippen molar-refractivity contribution >= 4 is 50.6 Å². The summed E-state index contributed by atoms with van der Waals surface area (Å²) in [5.74, 6) is 0.0135. The van der Waals surface area contributed by atoms with Gasteiger partial charge in [0.25, 0.3) is 0 Å². The number of nitrogens with zero attached hydrogens (tertiary/aromatic N) is 1. The van der Waals surface area contributed by atoms with E-state index in [0.29, 0.717) is 40.2 Å². The fourth-order valence-electron chi connectivity index (χ4n) is 2.00. The van der Waals surface area contributed by atoms with Gasteiger partial charge in [-0.05, 0) is 24.3 Å². The topological polar surface area (TPSA) is 52.0 Å². The zero-order valence-electron chi connectivity index (χ0n) is 11.4. The van der Waals surface area contributed by atoms with Gasteiger partial charge in [0, 0.05) is 47.2 Å². The van der Waals surface area contributed by atoms with Gasteiger partial charge >= 0.3 is 0 Å². The van der Waals surface area contributed by atoms with Crippen LogP contribution in [-0.4, -0.2) is 28.8 Å². The quantitative estimate of drug-likeness (QED) is 0.596. The lowest BCUT2D eigenvalue weighted by Crippen LogP contribution is -2.03. The zero-order valence-corrected chi connectivity index (χ0v) is 12.9. The number of halogens is 3. The molecule has 3 nitrogen and oxygen atoms in total. The summed E-state index contributed by atoms with van der Waals surface area (Å²) in [5, 5.41) is 8.84. The third-order valence-corrected chi connectivity index (χ3v) is 3.51. The Bertz CT molecular complexity index is 732. The van der Waals surface area contributed by atoms with Crippen molar-refractivity contribution in [1.82, 2.24) is 4.98 Å². The molecular formula is C15H14Cl2FN3. The van der Waals surface area contributed by atoms with Crippen LogP contribution in [0.2, 0.25) is 0 Å². The number of allylic oxidation sites excluding steroid dienone is 2. The second kappa shape index (κ2) is 6.87. The van der Waals surface area contributed by atoms with E-state index < -0.39 is 0 Å². The first kappa shape index (κ1) is 15.7. The minimum Gasteiger partial charge on any atom is -0.354 e. The van der Waals surface area contributed by atoms with E-state index in [1.807, 2.05) is 0 Å². The molecule has 1 heterocycles. The van der Waals surface area contributed by atoms with Crippen molar-refractivity contribution in [2.24, 2.45) is 4.99 Å². The number of hydrogen-bond donors (Lipinski definition) is 2. The minimum absolute atomic E-state index is 0.267. The number of H-pyrrole nitrogens is 1. The standard InChI is InChI=1S/C15H14Cl2FN3/c1-20-15(17)8-10(12(19)5-6-16)14-7-9-11(18)3-2-4-13(9)21-14/h2-4,7-8,19,21H,5-6H2,1H3/b10-8+,19-12?,20-15?. The second-order valence-electron chi connectivity index (χ2n) is 4.41. The molecule has 0 spiro atoms. The first-order chi connectivity index (χ1) is 10.1. The predicted molar refractivity (Wildman–Crippen MR) is 88.5 cm³/mol. The number of alkyl halides is 1. The zero-order chi connectivity index (χ0) is 15.4. The molecule has 1 aromatic heterocycles. The Labute approximate surface area is 132 Å². The Hall–Kier alpha value is -1.65. The lowest BCUT2D eigenvalue weighted by Gasteiger charge is -2.06. The first-order valence-electron chi connectivity index (χ1n) is 6.32. The van der Waals surface area contributed by atoms with Crippen LogP contribution in [0.25, 0.3) is 16.5 Å². The molecule has 0 amide bonds. The number of nitrogens with one attached hydrogen (secondary N) is 2. The first-order valence-corrected chi connectivity index (χ1v) is 7.23. The van der Waals surface area contributed by atoms with Gasteiger partial charge in [0.1, 0.15) is 11.0 Å². The predicted octanol–water partition coefficient (Wildman–Crippen LogP) is 4.61. The van der Waals surface area contributed by atoms with Crippen LogP contribution in [0.4, 0.5) is 4.39 Å². The van der Waals surface area contributed by atoms with Crippen LogP contribution in [0, 0.1) is 11.2 Å². The summed E-state index contributed by atoms with van der Waals surface area (Å²) in [7, 11) is 1.56. The van der Waals surface area contributed by atoms with Crippen molar-refractivity contribution in [2.75, 3.05) is 12.9 Å². The molecule has 2 rings (SSSR count). The maximum absolute atomic E-state index is 13.8. The molecule has 0 unspecified atom stereocenters. The molecule has 2 aromatic rings. The number of benzene rings is 1. The molecule has 0 atom stereocenters. The summed E-state index contributed by atoms with van der Waals surface area (Å²) >= 11 is 11.6. The van der Waals surface area contributed by atoms with E-state index in [2.05, 4.69) is 9.98 Å². The maximum atomic E-state index is 13.8. The van der Waals surface area contributed by atoms with Crippen LogP contribution in [0.1, 0.15) is 12.1 Å². The Morgan fingerprint density at radius 2 is 2.24 bits per heavy atom. The molecule has 0 bridgehead atoms. The van der Waals surface area contributed by atoms with Crippen LogP contribution < -0.4 is 0 Å². The second-order valence-corrected chi connectivity index (χ2v) is 5.17. The molecular weight excluding hydrogens is 312 g/mol. The molecule has 110 valence electrons. The molecule has 0 radical (unpaired) electrons. The van der Waals surface area contributed by atoms with Crippen LogP contribution in [0.15, 0.2) is 35.3 Å². The normalized spacial score (nSPS) is 13.0. The Morgan fingerprint density at radius 3 is 2.86 bits per heavy atom. The van der Waals surface area contributed by atoms with Crippen molar-refractivity contribution in [3.8, 4) is 0 Å². The average Bonchev–Trinajstić information content (AvgIpc) is 2.89. The molecule has 0 aliphatic heterocycles. The summed E-state index contributed by atoms with van der Waals surface area (Å²) in [6.45, 7) is 0. The maximum Gasteiger partial charge on any atom is 0.132 e. The van der Waals surface area contributed by atoms with E-state index in [9.17, 15) is 4.39 Å². The number of aromatic nitrogens is 1. The van der Waals surface area contributed by atoms with E-state index in [1.165, 1.54) is 6.07 Å². The van der Waals surface area contributed by atoms with Crippen LogP contribution in [0.5, 0.6) is 0 Å². The summed E-state index contributed by atoms with van der Waals surface area (Å²) < 4.78 is 13.8. The van der Waals surface area contributed by atoms with E-state index in [1.54, 1.807) is 31.3 Å². The van der Waals surface area contributed by atoms with Crippen molar-refractivity contribution in [1.29, 1.82) is 5.41 Å². The van der Waals surface area contributed by atoms with Crippen LogP contribution >= 0.6 is 23.2 Å². The molecule has 1 aromatic carbocycles. The smallest absolute Gasteiger partial charge is 0.132 e. The molecule has 0 aliphatic carbocycles. The van der Waals surface area contributed by atoms with E-state index >= 15 is 0 Å². The van der Waals surface area contributed by atoms with Crippen molar-refractivity contribution in [3.05, 3.63) is 41.9 Å². The summed E-state index contributed by atoms with van der Waals surface area (Å²) in [5.41, 5.74) is 2.16. The van der Waals surface area contributed by atoms with Crippen molar-refractivity contribution in [3.63, 3.8) is 0 Å². The Kier molecular flexibility index (Phi) is 5.15. The lowest BCUT2D eigenvalue weighted by molar-refractivity contribution is 0.640. The number of rotatable bonds is 5. The SMILES string of the molecule is CN=C(Cl)/C=C(\C(=N)CCCl)c1cc2c(F)cccc2[nH]1. The molecule has 6 heteroatoms. The van der Waals surface area contributed by atoms with Gasteiger partial charge in [-0.2, -0.15) is 0 Å². The fourth-order valence-corrected chi connectivity index (χ4v) is 2.30. The fraction of sp³-hybridized carbons (Fsp3) is 0.200. The van der Waals surface area contributed by atoms with E-state index in [4.69, 9.17) is 28.6 Å². The molecule has 0 fully saturated rings. The third kappa shape index (κ3) is 3.52. The van der Waals surface area contributed by atoms with Gasteiger partial charge in [-0.3, -0.25) is 4.99 Å². The Balaban J connectivity index is 2.56. The molecule has 0 saturated heterocycles. The van der Waals surface area contributed by atoms with Gasteiger partial charge in [-0.25, -0.2) is 4.39 Å². The molecule has 2 N–H and O–H groups in total. The third-order valence-electron chi connectivity index (χ3n) is 3.05.